The SMILES string of the molecule is Cn1c(=NC#N)n(-c2ccc(C(C)(C)C#N)nc2)c2c3cc(-c4ccc(N)nc4)ccc3ncc21. The topological polar surface area (TPSA) is 134 Å². The third-order valence-electron chi connectivity index (χ3n) is 6.10. The Morgan fingerprint density at radius 1 is 0.943 bits per heavy atom. The van der Waals surface area contributed by atoms with E-state index in [0.29, 0.717) is 22.8 Å². The molecule has 4 aromatic heterocycles. The molecule has 0 aliphatic heterocycles. The fourth-order valence-electron chi connectivity index (χ4n) is 4.12. The standard InChI is InChI=1S/C26H21N9/c1-26(2,14-27)22-8-6-18(12-31-22)35-24-19-10-16(17-5-9-23(29)32-11-17)4-7-20(19)30-13-21(24)34(3)25(35)33-15-28/h4-13H,1-3H3,(H2,29,32). The Bertz CT molecular complexity index is 1740. The lowest BCUT2D eigenvalue weighted by molar-refractivity contribution is 0.658. The van der Waals surface area contributed by atoms with Crippen LogP contribution in [0.3, 0.4) is 0 Å². The van der Waals surface area contributed by atoms with E-state index >= 15 is 0 Å². The predicted octanol–water partition coefficient (Wildman–Crippen LogP) is 3.74. The van der Waals surface area contributed by atoms with Crippen LogP contribution in [-0.2, 0) is 12.5 Å². The number of hydrogen-bond donors (Lipinski definition) is 1. The minimum absolute atomic E-state index is 0.436. The van der Waals surface area contributed by atoms with Crippen LogP contribution in [0.15, 0.2) is 66.0 Å². The molecule has 2 N–H and O–H groups in total. The van der Waals surface area contributed by atoms with Crippen molar-refractivity contribution in [1.29, 1.82) is 10.5 Å². The van der Waals surface area contributed by atoms with Crippen molar-refractivity contribution in [2.75, 3.05) is 5.73 Å². The van der Waals surface area contributed by atoms with Gasteiger partial charge in [-0.2, -0.15) is 10.5 Å². The summed E-state index contributed by atoms with van der Waals surface area (Å²) in [5.74, 6) is 0.456. The number of nitrogens with two attached hydrogens (primary N) is 1. The van der Waals surface area contributed by atoms with Gasteiger partial charge in [0.1, 0.15) is 5.82 Å². The van der Waals surface area contributed by atoms with Crippen molar-refractivity contribution >= 4 is 27.8 Å². The molecule has 0 spiro atoms. The molecule has 4 heterocycles. The van der Waals surface area contributed by atoms with Gasteiger partial charge in [-0.25, -0.2) is 4.98 Å². The fourth-order valence-corrected chi connectivity index (χ4v) is 4.12. The van der Waals surface area contributed by atoms with E-state index in [1.165, 1.54) is 0 Å². The highest BCUT2D eigenvalue weighted by Gasteiger charge is 2.22. The van der Waals surface area contributed by atoms with Crippen LogP contribution in [0.2, 0.25) is 0 Å². The summed E-state index contributed by atoms with van der Waals surface area (Å²) in [7, 11) is 1.84. The molecule has 9 nitrogen and oxygen atoms in total. The maximum Gasteiger partial charge on any atom is 0.226 e. The van der Waals surface area contributed by atoms with Crippen molar-refractivity contribution in [2.45, 2.75) is 19.3 Å². The number of nitrogens with zero attached hydrogens (tertiary/aromatic N) is 8. The number of fused-ring (bicyclic) bond motifs is 3. The van der Waals surface area contributed by atoms with Gasteiger partial charge in [0.15, 0.2) is 0 Å². The van der Waals surface area contributed by atoms with E-state index in [2.05, 4.69) is 26.0 Å². The Labute approximate surface area is 201 Å². The minimum atomic E-state index is -0.722. The molecule has 0 aliphatic carbocycles. The maximum atomic E-state index is 9.48. The van der Waals surface area contributed by atoms with Crippen molar-refractivity contribution in [1.82, 2.24) is 24.1 Å². The third-order valence-corrected chi connectivity index (χ3v) is 6.10. The second-order valence-electron chi connectivity index (χ2n) is 8.74. The summed E-state index contributed by atoms with van der Waals surface area (Å²) in [6.45, 7) is 3.65. The first-order chi connectivity index (χ1) is 16.8. The minimum Gasteiger partial charge on any atom is -0.384 e. The van der Waals surface area contributed by atoms with E-state index in [0.717, 1.165) is 33.1 Å². The number of anilines is 1. The predicted molar refractivity (Wildman–Crippen MR) is 133 cm³/mol. The molecule has 0 atom stereocenters. The molecule has 0 amide bonds. The fraction of sp³-hybridized carbons (Fsp3) is 0.154. The first-order valence-corrected chi connectivity index (χ1v) is 10.9. The molecule has 170 valence electrons. The Hall–Kier alpha value is -5.02. The summed E-state index contributed by atoms with van der Waals surface area (Å²) in [5.41, 5.74) is 11.2. The molecular formula is C26H21N9. The van der Waals surface area contributed by atoms with Gasteiger partial charge < -0.3 is 10.3 Å². The van der Waals surface area contributed by atoms with E-state index in [4.69, 9.17) is 5.73 Å². The maximum absolute atomic E-state index is 9.48. The summed E-state index contributed by atoms with van der Waals surface area (Å²) < 4.78 is 3.72. The Kier molecular flexibility index (Phi) is 5.04. The average molecular weight is 460 g/mol. The number of pyridine rings is 3. The van der Waals surface area contributed by atoms with Gasteiger partial charge in [0.25, 0.3) is 0 Å². The van der Waals surface area contributed by atoms with Crippen LogP contribution < -0.4 is 11.4 Å². The van der Waals surface area contributed by atoms with E-state index < -0.39 is 5.41 Å². The zero-order valence-electron chi connectivity index (χ0n) is 19.4. The number of rotatable bonds is 3. The number of imidazole rings is 1. The van der Waals surface area contributed by atoms with Crippen LogP contribution in [0.5, 0.6) is 0 Å². The molecule has 0 bridgehead atoms. The molecule has 5 aromatic rings. The lowest BCUT2D eigenvalue weighted by Crippen LogP contribution is -2.23. The van der Waals surface area contributed by atoms with Gasteiger partial charge in [0.05, 0.1) is 51.8 Å². The van der Waals surface area contributed by atoms with Gasteiger partial charge in [0, 0.05) is 24.2 Å². The van der Waals surface area contributed by atoms with Gasteiger partial charge in [0.2, 0.25) is 11.8 Å². The first-order valence-electron chi connectivity index (χ1n) is 10.9. The Morgan fingerprint density at radius 2 is 1.74 bits per heavy atom. The van der Waals surface area contributed by atoms with Crippen molar-refractivity contribution in [2.24, 2.45) is 12.0 Å². The molecule has 5 rings (SSSR count). The van der Waals surface area contributed by atoms with Gasteiger partial charge in [-0.15, -0.1) is 4.99 Å². The molecule has 0 saturated heterocycles. The number of hydrogen-bond acceptors (Lipinski definition) is 7. The molecular weight excluding hydrogens is 438 g/mol. The van der Waals surface area contributed by atoms with Crippen molar-refractivity contribution in [3.05, 3.63) is 72.4 Å². The highest BCUT2D eigenvalue weighted by atomic mass is 15.2. The van der Waals surface area contributed by atoms with Gasteiger partial charge in [-0.1, -0.05) is 6.07 Å². The molecule has 1 aromatic carbocycles. The zero-order valence-corrected chi connectivity index (χ0v) is 19.4. The lowest BCUT2D eigenvalue weighted by Gasteiger charge is -2.15. The van der Waals surface area contributed by atoms with E-state index in [1.807, 2.05) is 72.6 Å². The van der Waals surface area contributed by atoms with E-state index in [9.17, 15) is 10.5 Å². The number of benzene rings is 1. The summed E-state index contributed by atoms with van der Waals surface area (Å²) >= 11 is 0. The smallest absolute Gasteiger partial charge is 0.226 e. The third kappa shape index (κ3) is 3.56. The lowest BCUT2D eigenvalue weighted by atomic mass is 9.91. The Morgan fingerprint density at radius 3 is 2.40 bits per heavy atom. The largest absolute Gasteiger partial charge is 0.384 e. The van der Waals surface area contributed by atoms with Gasteiger partial charge in [-0.3, -0.25) is 14.5 Å². The zero-order chi connectivity index (χ0) is 24.7. The van der Waals surface area contributed by atoms with E-state index in [-0.39, 0.29) is 0 Å². The molecule has 0 unspecified atom stereocenters. The van der Waals surface area contributed by atoms with Crippen LogP contribution in [0.25, 0.3) is 38.8 Å². The number of nitriles is 2. The first kappa shape index (κ1) is 21.8. The second kappa shape index (κ2) is 8.08. The van der Waals surface area contributed by atoms with Crippen molar-refractivity contribution < 1.29 is 0 Å². The molecule has 9 heteroatoms. The second-order valence-corrected chi connectivity index (χ2v) is 8.74. The summed E-state index contributed by atoms with van der Waals surface area (Å²) in [4.78, 5) is 17.5. The van der Waals surface area contributed by atoms with Crippen LogP contribution in [0.4, 0.5) is 5.82 Å². The number of aromatic nitrogens is 5. The monoisotopic (exact) mass is 459 g/mol. The molecule has 0 aliphatic rings. The van der Waals surface area contributed by atoms with Crippen LogP contribution in [0.1, 0.15) is 19.5 Å². The summed E-state index contributed by atoms with van der Waals surface area (Å²) in [6.07, 6.45) is 7.12. The molecule has 35 heavy (non-hydrogen) atoms. The molecule has 0 saturated carbocycles. The van der Waals surface area contributed by atoms with Crippen LogP contribution >= 0.6 is 0 Å². The summed E-state index contributed by atoms with van der Waals surface area (Å²) in [6, 6.07) is 15.7. The van der Waals surface area contributed by atoms with Crippen LogP contribution in [0, 0.1) is 22.8 Å². The number of aryl methyl sites for hydroxylation is 1. The normalized spacial score (nSPS) is 12.1. The summed E-state index contributed by atoms with van der Waals surface area (Å²) in [5, 5.41) is 19.8. The number of nitrogen functional groups attached to an aromatic ring is 1. The highest BCUT2D eigenvalue weighted by Crippen LogP contribution is 2.30. The average Bonchev–Trinajstić information content (AvgIpc) is 3.16. The van der Waals surface area contributed by atoms with Gasteiger partial charge >= 0.3 is 0 Å². The van der Waals surface area contributed by atoms with Crippen molar-refractivity contribution in [3.8, 4) is 29.1 Å². The van der Waals surface area contributed by atoms with Crippen molar-refractivity contribution in [3.63, 3.8) is 0 Å². The Balaban J connectivity index is 1.84. The quantitative estimate of drug-likeness (QED) is 0.408. The van der Waals surface area contributed by atoms with Crippen LogP contribution in [-0.4, -0.2) is 24.1 Å². The highest BCUT2D eigenvalue weighted by molar-refractivity contribution is 6.04. The van der Waals surface area contributed by atoms with E-state index in [1.54, 1.807) is 24.7 Å². The van der Waals surface area contributed by atoms with Gasteiger partial charge in [-0.05, 0) is 55.8 Å². The molecule has 0 fully saturated rings. The molecule has 0 radical (unpaired) electrons.